The summed E-state index contributed by atoms with van der Waals surface area (Å²) in [6.45, 7) is 4.51. The van der Waals surface area contributed by atoms with Crippen molar-refractivity contribution in [3.8, 4) is 0 Å². The number of benzene rings is 1. The van der Waals surface area contributed by atoms with Gasteiger partial charge in [0.25, 0.3) is 0 Å². The summed E-state index contributed by atoms with van der Waals surface area (Å²) in [6.07, 6.45) is 3.66. The van der Waals surface area contributed by atoms with Crippen molar-refractivity contribution in [1.82, 2.24) is 14.7 Å². The molecular weight excluding hydrogens is 266 g/mol. The maximum absolute atomic E-state index is 11.7. The van der Waals surface area contributed by atoms with Crippen LogP contribution in [0.15, 0.2) is 30.6 Å². The fraction of sp³-hybridized carbons (Fsp3) is 0.375. The van der Waals surface area contributed by atoms with Crippen LogP contribution in [0.2, 0.25) is 0 Å². The van der Waals surface area contributed by atoms with Crippen LogP contribution in [-0.2, 0) is 18.4 Å². The Kier molecular flexibility index (Phi) is 4.43. The van der Waals surface area contributed by atoms with Crippen LogP contribution in [0.5, 0.6) is 0 Å². The standard InChI is InChI=1S/C16H21N3O2/c1-11-6-5-7-14(12(11)2)15(16(20)21)18(3)9-13-8-17-19(4)10-13/h5-8,10,15H,9H2,1-4H3,(H,20,21)/t15-/m0/s1. The number of nitrogens with zero attached hydrogens (tertiary/aromatic N) is 3. The first kappa shape index (κ1) is 15.3. The molecule has 0 spiro atoms. The van der Waals surface area contributed by atoms with E-state index in [2.05, 4.69) is 5.10 Å². The van der Waals surface area contributed by atoms with Gasteiger partial charge in [-0.25, -0.2) is 0 Å². The van der Waals surface area contributed by atoms with Gasteiger partial charge in [-0.1, -0.05) is 18.2 Å². The molecule has 0 amide bonds. The van der Waals surface area contributed by atoms with Crippen molar-refractivity contribution in [2.75, 3.05) is 7.05 Å². The second kappa shape index (κ2) is 6.10. The molecule has 2 rings (SSSR count). The first-order chi connectivity index (χ1) is 9.90. The van der Waals surface area contributed by atoms with Gasteiger partial charge in [-0.3, -0.25) is 14.4 Å². The Balaban J connectivity index is 2.30. The fourth-order valence-corrected chi connectivity index (χ4v) is 2.56. The van der Waals surface area contributed by atoms with Crippen LogP contribution in [0, 0.1) is 13.8 Å². The second-order valence-electron chi connectivity index (χ2n) is 5.47. The minimum absolute atomic E-state index is 0.540. The lowest BCUT2D eigenvalue weighted by molar-refractivity contribution is -0.143. The summed E-state index contributed by atoms with van der Waals surface area (Å²) in [6, 6.07) is 5.13. The van der Waals surface area contributed by atoms with Crippen molar-refractivity contribution in [3.63, 3.8) is 0 Å². The van der Waals surface area contributed by atoms with Crippen molar-refractivity contribution in [3.05, 3.63) is 52.8 Å². The molecule has 21 heavy (non-hydrogen) atoms. The molecule has 0 saturated carbocycles. The second-order valence-corrected chi connectivity index (χ2v) is 5.47. The Morgan fingerprint density at radius 1 is 1.43 bits per heavy atom. The number of aliphatic carboxylic acids is 1. The van der Waals surface area contributed by atoms with E-state index in [1.807, 2.05) is 57.2 Å². The van der Waals surface area contributed by atoms with Crippen molar-refractivity contribution in [2.45, 2.75) is 26.4 Å². The van der Waals surface area contributed by atoms with Gasteiger partial charge >= 0.3 is 5.97 Å². The number of likely N-dealkylation sites (N-methyl/N-ethyl adjacent to an activating group) is 1. The Labute approximate surface area is 124 Å². The zero-order chi connectivity index (χ0) is 15.6. The van der Waals surface area contributed by atoms with Crippen LogP contribution in [-0.4, -0.2) is 32.8 Å². The predicted molar refractivity (Wildman–Crippen MR) is 81.0 cm³/mol. The summed E-state index contributed by atoms with van der Waals surface area (Å²) >= 11 is 0. The van der Waals surface area contributed by atoms with E-state index in [1.165, 1.54) is 0 Å². The van der Waals surface area contributed by atoms with E-state index in [-0.39, 0.29) is 0 Å². The van der Waals surface area contributed by atoms with E-state index in [0.717, 1.165) is 22.3 Å². The zero-order valence-electron chi connectivity index (χ0n) is 12.9. The van der Waals surface area contributed by atoms with Gasteiger partial charge in [0.05, 0.1) is 6.20 Å². The van der Waals surface area contributed by atoms with E-state index in [9.17, 15) is 9.90 Å². The Hall–Kier alpha value is -2.14. The van der Waals surface area contributed by atoms with Gasteiger partial charge in [0.2, 0.25) is 0 Å². The van der Waals surface area contributed by atoms with E-state index >= 15 is 0 Å². The molecule has 0 unspecified atom stereocenters. The minimum atomic E-state index is -0.838. The molecule has 0 bridgehead atoms. The van der Waals surface area contributed by atoms with E-state index in [4.69, 9.17) is 0 Å². The number of carboxylic acid groups (broad SMARTS) is 1. The Morgan fingerprint density at radius 3 is 2.71 bits per heavy atom. The Morgan fingerprint density at radius 2 is 2.14 bits per heavy atom. The fourth-order valence-electron chi connectivity index (χ4n) is 2.56. The van der Waals surface area contributed by atoms with Crippen molar-refractivity contribution >= 4 is 5.97 Å². The molecule has 1 aromatic heterocycles. The summed E-state index contributed by atoms with van der Waals surface area (Å²) in [5.74, 6) is -0.838. The highest BCUT2D eigenvalue weighted by Crippen LogP contribution is 2.26. The zero-order valence-corrected chi connectivity index (χ0v) is 12.9. The number of aryl methyl sites for hydroxylation is 2. The molecular formula is C16H21N3O2. The summed E-state index contributed by atoms with van der Waals surface area (Å²) in [5, 5.41) is 13.8. The van der Waals surface area contributed by atoms with Crippen LogP contribution in [0.3, 0.4) is 0 Å². The lowest BCUT2D eigenvalue weighted by Crippen LogP contribution is -2.31. The van der Waals surface area contributed by atoms with Gasteiger partial charge in [-0.2, -0.15) is 5.10 Å². The number of carbonyl (C=O) groups is 1. The van der Waals surface area contributed by atoms with Gasteiger partial charge in [-0.15, -0.1) is 0 Å². The molecule has 0 radical (unpaired) electrons. The number of carboxylic acids is 1. The number of hydrogen-bond acceptors (Lipinski definition) is 3. The molecule has 0 aliphatic rings. The third-order valence-electron chi connectivity index (χ3n) is 3.81. The summed E-state index contributed by atoms with van der Waals surface area (Å²) in [7, 11) is 3.68. The maximum Gasteiger partial charge on any atom is 0.325 e. The van der Waals surface area contributed by atoms with Gasteiger partial charge in [0.1, 0.15) is 6.04 Å². The monoisotopic (exact) mass is 287 g/mol. The highest BCUT2D eigenvalue weighted by molar-refractivity contribution is 5.76. The quantitative estimate of drug-likeness (QED) is 0.916. The molecule has 1 N–H and O–H groups in total. The molecule has 2 aromatic rings. The number of hydrogen-bond donors (Lipinski definition) is 1. The largest absolute Gasteiger partial charge is 0.480 e. The summed E-state index contributed by atoms with van der Waals surface area (Å²) in [4.78, 5) is 13.6. The first-order valence-electron chi connectivity index (χ1n) is 6.87. The van der Waals surface area contributed by atoms with Crippen molar-refractivity contribution in [2.24, 2.45) is 7.05 Å². The van der Waals surface area contributed by atoms with Crippen molar-refractivity contribution in [1.29, 1.82) is 0 Å². The minimum Gasteiger partial charge on any atom is -0.480 e. The van der Waals surface area contributed by atoms with Crippen LogP contribution in [0.25, 0.3) is 0 Å². The lowest BCUT2D eigenvalue weighted by atomic mass is 9.96. The van der Waals surface area contributed by atoms with Crippen LogP contribution < -0.4 is 0 Å². The number of aromatic nitrogens is 2. The van der Waals surface area contributed by atoms with Gasteiger partial charge < -0.3 is 5.11 Å². The average molecular weight is 287 g/mol. The topological polar surface area (TPSA) is 58.4 Å². The molecule has 5 heteroatoms. The van der Waals surface area contributed by atoms with E-state index in [1.54, 1.807) is 10.9 Å². The van der Waals surface area contributed by atoms with Gasteiger partial charge in [-0.05, 0) is 37.6 Å². The van der Waals surface area contributed by atoms with E-state index in [0.29, 0.717) is 6.54 Å². The molecule has 1 heterocycles. The highest BCUT2D eigenvalue weighted by atomic mass is 16.4. The lowest BCUT2D eigenvalue weighted by Gasteiger charge is -2.26. The number of rotatable bonds is 5. The summed E-state index contributed by atoms with van der Waals surface area (Å²) < 4.78 is 1.72. The molecule has 5 nitrogen and oxygen atoms in total. The third-order valence-corrected chi connectivity index (χ3v) is 3.81. The molecule has 0 saturated heterocycles. The Bertz CT molecular complexity index is 649. The molecule has 1 atom stereocenters. The van der Waals surface area contributed by atoms with E-state index < -0.39 is 12.0 Å². The molecule has 0 aliphatic heterocycles. The van der Waals surface area contributed by atoms with Crippen LogP contribution in [0.4, 0.5) is 0 Å². The van der Waals surface area contributed by atoms with Gasteiger partial charge in [0, 0.05) is 25.4 Å². The molecule has 1 aromatic carbocycles. The molecule has 112 valence electrons. The smallest absolute Gasteiger partial charge is 0.325 e. The molecule has 0 fully saturated rings. The predicted octanol–water partition coefficient (Wildman–Crippen LogP) is 2.29. The van der Waals surface area contributed by atoms with Gasteiger partial charge in [0.15, 0.2) is 0 Å². The normalized spacial score (nSPS) is 12.6. The van der Waals surface area contributed by atoms with Crippen molar-refractivity contribution < 1.29 is 9.90 Å². The maximum atomic E-state index is 11.7. The van der Waals surface area contributed by atoms with Crippen LogP contribution >= 0.6 is 0 Å². The first-order valence-corrected chi connectivity index (χ1v) is 6.87. The SMILES string of the molecule is Cc1cccc([C@@H](C(=O)O)N(C)Cc2cnn(C)c2)c1C. The molecule has 0 aliphatic carbocycles. The van der Waals surface area contributed by atoms with Crippen LogP contribution in [0.1, 0.15) is 28.3 Å². The average Bonchev–Trinajstić information content (AvgIpc) is 2.80. The highest BCUT2D eigenvalue weighted by Gasteiger charge is 2.26. The summed E-state index contributed by atoms with van der Waals surface area (Å²) in [5.41, 5.74) is 3.97. The third kappa shape index (κ3) is 3.31.